The second-order valence-corrected chi connectivity index (χ2v) is 3.70. The van der Waals surface area contributed by atoms with E-state index < -0.39 is 0 Å². The number of hydrogen-bond acceptors (Lipinski definition) is 2. The fraction of sp³-hybridized carbons (Fsp3) is 0.727. The molecule has 1 unspecified atom stereocenters. The van der Waals surface area contributed by atoms with Gasteiger partial charge in [-0.2, -0.15) is 5.10 Å². The SMILES string of the molecule is CCc1c(CNC)cnn1C(C)CC. The summed E-state index contributed by atoms with van der Waals surface area (Å²) in [7, 11) is 1.97. The predicted molar refractivity (Wildman–Crippen MR) is 59.4 cm³/mol. The molecule has 80 valence electrons. The minimum Gasteiger partial charge on any atom is -0.316 e. The van der Waals surface area contributed by atoms with E-state index in [1.807, 2.05) is 13.2 Å². The maximum absolute atomic E-state index is 4.45. The van der Waals surface area contributed by atoms with E-state index in [-0.39, 0.29) is 0 Å². The van der Waals surface area contributed by atoms with E-state index >= 15 is 0 Å². The quantitative estimate of drug-likeness (QED) is 0.780. The highest BCUT2D eigenvalue weighted by Gasteiger charge is 2.11. The summed E-state index contributed by atoms with van der Waals surface area (Å²) in [4.78, 5) is 0. The van der Waals surface area contributed by atoms with Gasteiger partial charge in [0, 0.05) is 23.8 Å². The van der Waals surface area contributed by atoms with Gasteiger partial charge >= 0.3 is 0 Å². The van der Waals surface area contributed by atoms with Crippen molar-refractivity contribution in [3.05, 3.63) is 17.5 Å². The third kappa shape index (κ3) is 2.15. The van der Waals surface area contributed by atoms with Crippen LogP contribution >= 0.6 is 0 Å². The molecule has 14 heavy (non-hydrogen) atoms. The number of rotatable bonds is 5. The molecule has 0 aliphatic rings. The first-order chi connectivity index (χ1) is 6.74. The zero-order chi connectivity index (χ0) is 10.6. The summed E-state index contributed by atoms with van der Waals surface area (Å²) in [5, 5.41) is 7.63. The van der Waals surface area contributed by atoms with E-state index in [1.165, 1.54) is 11.3 Å². The lowest BCUT2D eigenvalue weighted by Gasteiger charge is -2.13. The standard InChI is InChI=1S/C11H21N3/c1-5-9(3)14-11(6-2)10(7-12-4)8-13-14/h8-9,12H,5-7H2,1-4H3. The number of aromatic nitrogens is 2. The van der Waals surface area contributed by atoms with Crippen molar-refractivity contribution in [2.24, 2.45) is 0 Å². The van der Waals surface area contributed by atoms with Crippen LogP contribution in [0.5, 0.6) is 0 Å². The maximum atomic E-state index is 4.45. The molecule has 1 atom stereocenters. The second kappa shape index (κ2) is 5.15. The Morgan fingerprint density at radius 1 is 1.50 bits per heavy atom. The summed E-state index contributed by atoms with van der Waals surface area (Å²) in [6, 6.07) is 0.510. The van der Waals surface area contributed by atoms with Crippen molar-refractivity contribution in [2.45, 2.75) is 46.2 Å². The van der Waals surface area contributed by atoms with Gasteiger partial charge in [-0.05, 0) is 26.8 Å². The largest absolute Gasteiger partial charge is 0.316 e. The average molecular weight is 195 g/mol. The predicted octanol–water partition coefficient (Wildman–Crippen LogP) is 2.14. The van der Waals surface area contributed by atoms with E-state index in [2.05, 4.69) is 35.9 Å². The Hall–Kier alpha value is -0.830. The summed E-state index contributed by atoms with van der Waals surface area (Å²) in [5.74, 6) is 0. The molecule has 0 saturated heterocycles. The van der Waals surface area contributed by atoms with E-state index in [0.717, 1.165) is 19.4 Å². The minimum absolute atomic E-state index is 0.510. The van der Waals surface area contributed by atoms with Gasteiger partial charge in [0.25, 0.3) is 0 Å². The first-order valence-electron chi connectivity index (χ1n) is 5.44. The molecule has 0 radical (unpaired) electrons. The van der Waals surface area contributed by atoms with Gasteiger partial charge in [-0.1, -0.05) is 13.8 Å². The van der Waals surface area contributed by atoms with Gasteiger partial charge in [0.1, 0.15) is 0 Å². The summed E-state index contributed by atoms with van der Waals surface area (Å²) >= 11 is 0. The van der Waals surface area contributed by atoms with Crippen LogP contribution in [0, 0.1) is 0 Å². The molecule has 1 heterocycles. The Labute approximate surface area is 86.5 Å². The summed E-state index contributed by atoms with van der Waals surface area (Å²) in [6.07, 6.45) is 4.18. The van der Waals surface area contributed by atoms with Crippen molar-refractivity contribution in [2.75, 3.05) is 7.05 Å². The highest BCUT2D eigenvalue weighted by atomic mass is 15.3. The molecule has 1 aromatic rings. The highest BCUT2D eigenvalue weighted by molar-refractivity contribution is 5.18. The van der Waals surface area contributed by atoms with E-state index in [1.54, 1.807) is 0 Å². The minimum atomic E-state index is 0.510. The molecular formula is C11H21N3. The molecule has 0 saturated carbocycles. The molecule has 1 N–H and O–H groups in total. The van der Waals surface area contributed by atoms with Crippen molar-refractivity contribution < 1.29 is 0 Å². The van der Waals surface area contributed by atoms with Crippen LogP contribution in [0.15, 0.2) is 6.20 Å². The van der Waals surface area contributed by atoms with Crippen LogP contribution in [-0.4, -0.2) is 16.8 Å². The fourth-order valence-corrected chi connectivity index (χ4v) is 1.70. The molecule has 0 aromatic carbocycles. The molecule has 3 heteroatoms. The molecule has 1 aromatic heterocycles. The van der Waals surface area contributed by atoms with Gasteiger partial charge in [-0.25, -0.2) is 0 Å². The molecule has 1 rings (SSSR count). The van der Waals surface area contributed by atoms with Crippen molar-refractivity contribution in [1.29, 1.82) is 0 Å². The maximum Gasteiger partial charge on any atom is 0.0537 e. The van der Waals surface area contributed by atoms with E-state index in [4.69, 9.17) is 0 Å². The van der Waals surface area contributed by atoms with E-state index in [0.29, 0.717) is 6.04 Å². The van der Waals surface area contributed by atoms with Crippen molar-refractivity contribution in [3.63, 3.8) is 0 Å². The van der Waals surface area contributed by atoms with Gasteiger partial charge in [-0.15, -0.1) is 0 Å². The summed E-state index contributed by atoms with van der Waals surface area (Å²) < 4.78 is 2.16. The fourth-order valence-electron chi connectivity index (χ4n) is 1.70. The Morgan fingerprint density at radius 3 is 2.71 bits per heavy atom. The van der Waals surface area contributed by atoms with Crippen LogP contribution < -0.4 is 5.32 Å². The first-order valence-corrected chi connectivity index (χ1v) is 5.44. The molecule has 0 bridgehead atoms. The number of nitrogens with one attached hydrogen (secondary N) is 1. The number of hydrogen-bond donors (Lipinski definition) is 1. The zero-order valence-corrected chi connectivity index (χ0v) is 9.67. The highest BCUT2D eigenvalue weighted by Crippen LogP contribution is 2.16. The third-order valence-corrected chi connectivity index (χ3v) is 2.70. The lowest BCUT2D eigenvalue weighted by molar-refractivity contribution is 0.460. The van der Waals surface area contributed by atoms with Crippen LogP contribution in [0.1, 0.15) is 44.5 Å². The van der Waals surface area contributed by atoms with Crippen molar-refractivity contribution >= 4 is 0 Å². The number of nitrogens with zero attached hydrogens (tertiary/aromatic N) is 2. The Kier molecular flexibility index (Phi) is 4.14. The zero-order valence-electron chi connectivity index (χ0n) is 9.67. The molecule has 3 nitrogen and oxygen atoms in total. The van der Waals surface area contributed by atoms with Gasteiger partial charge in [0.2, 0.25) is 0 Å². The lowest BCUT2D eigenvalue weighted by Crippen LogP contribution is -2.12. The van der Waals surface area contributed by atoms with Crippen LogP contribution in [0.4, 0.5) is 0 Å². The second-order valence-electron chi connectivity index (χ2n) is 3.70. The van der Waals surface area contributed by atoms with Crippen LogP contribution in [0.25, 0.3) is 0 Å². The lowest BCUT2D eigenvalue weighted by atomic mass is 10.2. The Balaban J connectivity index is 2.94. The average Bonchev–Trinajstić information content (AvgIpc) is 2.60. The van der Waals surface area contributed by atoms with Gasteiger partial charge < -0.3 is 5.32 Å². The monoisotopic (exact) mass is 195 g/mol. The van der Waals surface area contributed by atoms with Crippen molar-refractivity contribution in [3.8, 4) is 0 Å². The normalized spacial score (nSPS) is 13.1. The Bertz CT molecular complexity index is 278. The molecule has 0 aliphatic heterocycles. The van der Waals surface area contributed by atoms with Gasteiger partial charge in [0.05, 0.1) is 6.20 Å². The molecule has 0 aliphatic carbocycles. The summed E-state index contributed by atoms with van der Waals surface area (Å²) in [6.45, 7) is 7.52. The topological polar surface area (TPSA) is 29.9 Å². The van der Waals surface area contributed by atoms with Crippen molar-refractivity contribution in [1.82, 2.24) is 15.1 Å². The van der Waals surface area contributed by atoms with E-state index in [9.17, 15) is 0 Å². The summed E-state index contributed by atoms with van der Waals surface area (Å²) in [5.41, 5.74) is 2.70. The van der Waals surface area contributed by atoms with Gasteiger partial charge in [0.15, 0.2) is 0 Å². The molecule has 0 spiro atoms. The van der Waals surface area contributed by atoms with Crippen LogP contribution in [0.2, 0.25) is 0 Å². The molecular weight excluding hydrogens is 174 g/mol. The van der Waals surface area contributed by atoms with Crippen LogP contribution in [0.3, 0.4) is 0 Å². The first kappa shape index (κ1) is 11.2. The van der Waals surface area contributed by atoms with Crippen LogP contribution in [-0.2, 0) is 13.0 Å². The Morgan fingerprint density at radius 2 is 2.21 bits per heavy atom. The smallest absolute Gasteiger partial charge is 0.0537 e. The third-order valence-electron chi connectivity index (χ3n) is 2.70. The molecule has 0 amide bonds. The van der Waals surface area contributed by atoms with Gasteiger partial charge in [-0.3, -0.25) is 4.68 Å². The molecule has 0 fully saturated rings.